The van der Waals surface area contributed by atoms with Gasteiger partial charge in [0.1, 0.15) is 19.8 Å². The summed E-state index contributed by atoms with van der Waals surface area (Å²) in [6.07, 6.45) is 2.69. The fourth-order valence-corrected chi connectivity index (χ4v) is 3.17. The molecule has 0 aliphatic heterocycles. The molecule has 0 amide bonds. The van der Waals surface area contributed by atoms with Gasteiger partial charge in [0.25, 0.3) is 0 Å². The minimum Gasteiger partial charge on any atom is -0.486 e. The Balaban J connectivity index is 4.81. The van der Waals surface area contributed by atoms with Gasteiger partial charge in [-0.15, -0.1) is 0 Å². The molecule has 0 aromatic rings. The fourth-order valence-electron chi connectivity index (χ4n) is 1.62. The van der Waals surface area contributed by atoms with Crippen molar-refractivity contribution in [3.05, 3.63) is 0 Å². The molecule has 0 aliphatic carbocycles. The third kappa shape index (κ3) is 11.4. The van der Waals surface area contributed by atoms with Crippen LogP contribution >= 0.6 is 74.5 Å². The van der Waals surface area contributed by atoms with Crippen molar-refractivity contribution < 1.29 is 14.2 Å². The van der Waals surface area contributed by atoms with Gasteiger partial charge in [0.05, 0.1) is 5.41 Å². The van der Waals surface area contributed by atoms with Crippen LogP contribution in [0.3, 0.4) is 0 Å². The summed E-state index contributed by atoms with van der Waals surface area (Å²) in [6.45, 7) is 3.23. The Morgan fingerprint density at radius 2 is 1.00 bits per heavy atom. The van der Waals surface area contributed by atoms with E-state index in [9.17, 15) is 0 Å². The molecule has 24 heavy (non-hydrogen) atoms. The van der Waals surface area contributed by atoms with Gasteiger partial charge < -0.3 is 14.2 Å². The molecule has 3 nitrogen and oxygen atoms in total. The lowest BCUT2D eigenvalue weighted by Gasteiger charge is -2.32. The first-order chi connectivity index (χ1) is 11.4. The lowest BCUT2D eigenvalue weighted by molar-refractivity contribution is 0.0183. The van der Waals surface area contributed by atoms with E-state index in [1.807, 2.05) is 0 Å². The molecule has 0 radical (unpaired) electrons. The van der Waals surface area contributed by atoms with Crippen molar-refractivity contribution in [2.45, 2.75) is 32.6 Å². The number of hydrogen-bond donors (Lipinski definition) is 3. The van der Waals surface area contributed by atoms with Gasteiger partial charge in [0.15, 0.2) is 15.2 Å². The van der Waals surface area contributed by atoms with E-state index in [0.717, 1.165) is 6.42 Å². The quantitative estimate of drug-likeness (QED) is 0.287. The predicted molar refractivity (Wildman–Crippen MR) is 124 cm³/mol. The summed E-state index contributed by atoms with van der Waals surface area (Å²) in [6, 6.07) is 0. The summed E-state index contributed by atoms with van der Waals surface area (Å²) >= 11 is 28.1. The van der Waals surface area contributed by atoms with Crippen LogP contribution in [-0.4, -0.2) is 52.2 Å². The topological polar surface area (TPSA) is 27.7 Å². The first-order valence-corrected chi connectivity index (χ1v) is 10.8. The normalized spacial score (nSPS) is 11.0. The summed E-state index contributed by atoms with van der Waals surface area (Å²) in [5.41, 5.74) is -0.373. The van der Waals surface area contributed by atoms with Gasteiger partial charge in [-0.2, -0.15) is 37.9 Å². The highest BCUT2D eigenvalue weighted by Gasteiger charge is 2.33. The van der Waals surface area contributed by atoms with Crippen LogP contribution in [-0.2, 0) is 14.2 Å². The van der Waals surface area contributed by atoms with Crippen LogP contribution in [0.2, 0.25) is 0 Å². The van der Waals surface area contributed by atoms with Crippen molar-refractivity contribution in [1.29, 1.82) is 0 Å². The second-order valence-electron chi connectivity index (χ2n) is 5.26. The van der Waals surface area contributed by atoms with Crippen LogP contribution in [0.25, 0.3) is 0 Å². The molecule has 9 heteroatoms. The van der Waals surface area contributed by atoms with Gasteiger partial charge in [-0.1, -0.05) is 6.92 Å². The molecule has 0 aromatic carbocycles. The average Bonchev–Trinajstić information content (AvgIpc) is 2.55. The van der Waals surface area contributed by atoms with Crippen molar-refractivity contribution >= 4 is 89.7 Å². The number of thiocarbonyl (C=S) groups is 3. The summed E-state index contributed by atoms with van der Waals surface area (Å²) in [5.74, 6) is 1.97. The monoisotopic (exact) mass is 446 g/mol. The van der Waals surface area contributed by atoms with Gasteiger partial charge in [0, 0.05) is 19.3 Å². The van der Waals surface area contributed by atoms with Gasteiger partial charge in [-0.05, 0) is 60.3 Å². The van der Waals surface area contributed by atoms with Crippen molar-refractivity contribution in [2.75, 3.05) is 37.1 Å². The van der Waals surface area contributed by atoms with Gasteiger partial charge in [-0.3, -0.25) is 0 Å². The molecule has 0 unspecified atom stereocenters. The molecular formula is C15H26O3S6. The Bertz CT molecular complexity index is 348. The summed E-state index contributed by atoms with van der Waals surface area (Å²) in [4.78, 5) is 0. The van der Waals surface area contributed by atoms with E-state index in [1.54, 1.807) is 0 Å². The van der Waals surface area contributed by atoms with Crippen molar-refractivity contribution in [3.63, 3.8) is 0 Å². The minimum absolute atomic E-state index is 0.373. The highest BCUT2D eigenvalue weighted by atomic mass is 32.1. The highest BCUT2D eigenvalue weighted by Crippen LogP contribution is 2.25. The largest absolute Gasteiger partial charge is 0.486 e. The molecule has 0 saturated heterocycles. The van der Waals surface area contributed by atoms with E-state index >= 15 is 0 Å². The van der Waals surface area contributed by atoms with Crippen LogP contribution in [0.5, 0.6) is 0 Å². The number of ether oxygens (including phenoxy) is 3. The molecule has 0 bridgehead atoms. The maximum Gasteiger partial charge on any atom is 0.160 e. The number of thiol groups is 3. The molecule has 0 aliphatic rings. The predicted octanol–water partition coefficient (Wildman–Crippen LogP) is 4.37. The molecule has 140 valence electrons. The Morgan fingerprint density at radius 1 is 0.708 bits per heavy atom. The minimum atomic E-state index is -0.373. The van der Waals surface area contributed by atoms with E-state index in [4.69, 9.17) is 50.9 Å². The lowest BCUT2D eigenvalue weighted by atomic mass is 9.88. The van der Waals surface area contributed by atoms with Crippen LogP contribution in [0.1, 0.15) is 32.6 Å². The third-order valence-electron chi connectivity index (χ3n) is 3.32. The summed E-state index contributed by atoms with van der Waals surface area (Å²) in [7, 11) is 0. The maximum absolute atomic E-state index is 5.73. The number of hydrogen-bond acceptors (Lipinski definition) is 9. The Kier molecular flexibility index (Phi) is 15.3. The van der Waals surface area contributed by atoms with Crippen molar-refractivity contribution in [2.24, 2.45) is 5.41 Å². The van der Waals surface area contributed by atoms with Gasteiger partial charge in [-0.25, -0.2) is 0 Å². The molecule has 0 fully saturated rings. The first kappa shape index (κ1) is 24.7. The highest BCUT2D eigenvalue weighted by molar-refractivity contribution is 7.82. The molecular weight excluding hydrogens is 421 g/mol. The van der Waals surface area contributed by atoms with Crippen molar-refractivity contribution in [1.82, 2.24) is 0 Å². The zero-order valence-electron chi connectivity index (χ0n) is 13.9. The zero-order valence-corrected chi connectivity index (χ0v) is 19.0. The molecule has 0 rings (SSSR count). The van der Waals surface area contributed by atoms with E-state index < -0.39 is 0 Å². The molecule has 0 atom stereocenters. The second-order valence-corrected chi connectivity index (χ2v) is 7.96. The lowest BCUT2D eigenvalue weighted by Crippen LogP contribution is -2.38. The molecule has 0 saturated carbocycles. The van der Waals surface area contributed by atoms with Crippen LogP contribution in [0.4, 0.5) is 0 Å². The molecule has 0 heterocycles. The Labute approximate surface area is 178 Å². The zero-order chi connectivity index (χ0) is 18.4. The Morgan fingerprint density at radius 3 is 1.21 bits per heavy atom. The molecule has 0 spiro atoms. The van der Waals surface area contributed by atoms with Crippen LogP contribution in [0, 0.1) is 5.41 Å². The van der Waals surface area contributed by atoms with E-state index in [0.29, 0.717) is 71.5 Å². The standard InChI is InChI=1S/C15H26O3S6/c1-2-15(9-16-12(22)3-6-19,10-17-13(23)4-7-20)11-18-14(24)5-8-21/h19-21H,2-11H2,1H3. The van der Waals surface area contributed by atoms with Crippen LogP contribution < -0.4 is 0 Å². The maximum atomic E-state index is 5.73. The summed E-state index contributed by atoms with van der Waals surface area (Å²) < 4.78 is 17.2. The Hall–Kier alpha value is 0.720. The van der Waals surface area contributed by atoms with E-state index in [2.05, 4.69) is 44.8 Å². The number of rotatable bonds is 13. The van der Waals surface area contributed by atoms with E-state index in [-0.39, 0.29) is 5.41 Å². The van der Waals surface area contributed by atoms with Crippen molar-refractivity contribution in [3.8, 4) is 0 Å². The molecule has 0 N–H and O–H groups in total. The average molecular weight is 447 g/mol. The first-order valence-electron chi connectivity index (χ1n) is 7.72. The fraction of sp³-hybridized carbons (Fsp3) is 0.800. The SMILES string of the molecule is CCC(COC(=S)CCS)(COC(=S)CCS)COC(=S)CCS. The third-order valence-corrected chi connectivity index (χ3v) is 4.95. The van der Waals surface area contributed by atoms with Gasteiger partial charge >= 0.3 is 0 Å². The summed E-state index contributed by atoms with van der Waals surface area (Å²) in [5, 5.41) is 1.62. The van der Waals surface area contributed by atoms with Gasteiger partial charge in [0.2, 0.25) is 0 Å². The second kappa shape index (κ2) is 14.8. The smallest absolute Gasteiger partial charge is 0.160 e. The van der Waals surface area contributed by atoms with E-state index in [1.165, 1.54) is 0 Å². The van der Waals surface area contributed by atoms with Crippen LogP contribution in [0.15, 0.2) is 0 Å². The molecule has 0 aromatic heterocycles.